The molecule has 1 N–H and O–H groups in total. The van der Waals surface area contributed by atoms with Gasteiger partial charge in [0.25, 0.3) is 0 Å². The number of ether oxygens (including phenoxy) is 1. The van der Waals surface area contributed by atoms with Crippen molar-refractivity contribution in [1.82, 2.24) is 5.43 Å². The van der Waals surface area contributed by atoms with Crippen LogP contribution >= 0.6 is 39.0 Å². The number of methoxy groups -OCH3 is 1. The maximum Gasteiger partial charge on any atom is 0.177 e. The Balaban J connectivity index is 1.99. The number of nitrogens with zero attached hydrogens (tertiary/aromatic N) is 2. The molecule has 0 aromatic carbocycles. The Bertz CT molecular complexity index is 473. The number of hydrazone groups is 1. The van der Waals surface area contributed by atoms with Gasteiger partial charge in [-0.25, -0.2) is 0 Å². The number of rotatable bonds is 4. The Labute approximate surface area is 123 Å². The van der Waals surface area contributed by atoms with Gasteiger partial charge in [0.15, 0.2) is 5.17 Å². The standard InChI is InChI=1S/C11H14BrN3OS2/c1-7(5-16-2)13-11-15-14-8(6-17-11)9-3-4-10(12)18-9/h3-4,7H,5-6H2,1-2H3,(H,13,15). The van der Waals surface area contributed by atoms with Gasteiger partial charge in [0.1, 0.15) is 0 Å². The fraction of sp³-hybridized carbons (Fsp3) is 0.455. The molecule has 18 heavy (non-hydrogen) atoms. The molecule has 98 valence electrons. The Hall–Kier alpha value is -0.370. The second-order valence-corrected chi connectivity index (χ2v) is 7.23. The van der Waals surface area contributed by atoms with Gasteiger partial charge in [-0.15, -0.1) is 11.3 Å². The topological polar surface area (TPSA) is 46.0 Å². The summed E-state index contributed by atoms with van der Waals surface area (Å²) < 4.78 is 6.18. The molecule has 7 heteroatoms. The monoisotopic (exact) mass is 347 g/mol. The quantitative estimate of drug-likeness (QED) is 0.910. The third kappa shape index (κ3) is 3.81. The third-order valence-electron chi connectivity index (χ3n) is 2.24. The van der Waals surface area contributed by atoms with Gasteiger partial charge in [-0.1, -0.05) is 11.8 Å². The van der Waals surface area contributed by atoms with Crippen LogP contribution in [0.25, 0.3) is 0 Å². The van der Waals surface area contributed by atoms with Crippen LogP contribution < -0.4 is 5.43 Å². The van der Waals surface area contributed by atoms with Gasteiger partial charge in [-0.2, -0.15) is 5.10 Å². The molecule has 1 aromatic rings. The summed E-state index contributed by atoms with van der Waals surface area (Å²) in [6.07, 6.45) is 0. The van der Waals surface area contributed by atoms with E-state index in [4.69, 9.17) is 4.74 Å². The lowest BCUT2D eigenvalue weighted by Crippen LogP contribution is -2.26. The zero-order valence-electron chi connectivity index (χ0n) is 10.1. The van der Waals surface area contributed by atoms with E-state index >= 15 is 0 Å². The average molecular weight is 348 g/mol. The molecule has 1 aliphatic heterocycles. The number of nitrogens with one attached hydrogen (secondary N) is 1. The summed E-state index contributed by atoms with van der Waals surface area (Å²) >= 11 is 6.82. The van der Waals surface area contributed by atoms with Gasteiger partial charge >= 0.3 is 0 Å². The van der Waals surface area contributed by atoms with Crippen molar-refractivity contribution >= 4 is 49.9 Å². The molecule has 0 aliphatic carbocycles. The molecule has 2 heterocycles. The fourth-order valence-corrected chi connectivity index (χ4v) is 3.78. The number of thioether (sulfide) groups is 1. The van der Waals surface area contributed by atoms with Crippen LogP contribution in [0.15, 0.2) is 26.0 Å². The van der Waals surface area contributed by atoms with Crippen LogP contribution in [0.2, 0.25) is 0 Å². The van der Waals surface area contributed by atoms with Crippen molar-refractivity contribution in [2.24, 2.45) is 10.1 Å². The first kappa shape index (κ1) is 14.0. The third-order valence-corrected chi connectivity index (χ3v) is 4.80. The van der Waals surface area contributed by atoms with E-state index in [1.165, 1.54) is 4.88 Å². The number of hydrogen-bond acceptors (Lipinski definition) is 5. The predicted octanol–water partition coefficient (Wildman–Crippen LogP) is 2.94. The van der Waals surface area contributed by atoms with Crippen LogP contribution in [0, 0.1) is 0 Å². The van der Waals surface area contributed by atoms with Crippen LogP contribution in [-0.2, 0) is 4.74 Å². The van der Waals surface area contributed by atoms with Crippen molar-refractivity contribution in [3.63, 3.8) is 0 Å². The number of hydrogen-bond donors (Lipinski definition) is 1. The molecule has 0 saturated heterocycles. The molecule has 0 radical (unpaired) electrons. The predicted molar refractivity (Wildman–Crippen MR) is 82.9 cm³/mol. The minimum Gasteiger partial charge on any atom is -0.382 e. The maximum absolute atomic E-state index is 5.05. The molecule has 1 unspecified atom stereocenters. The largest absolute Gasteiger partial charge is 0.382 e. The van der Waals surface area contributed by atoms with Gasteiger partial charge < -0.3 is 4.74 Å². The minimum atomic E-state index is 0.151. The normalized spacial score (nSPS) is 19.5. The Morgan fingerprint density at radius 2 is 2.44 bits per heavy atom. The van der Waals surface area contributed by atoms with Crippen molar-refractivity contribution in [1.29, 1.82) is 0 Å². The molecular weight excluding hydrogens is 334 g/mol. The smallest absolute Gasteiger partial charge is 0.177 e. The summed E-state index contributed by atoms with van der Waals surface area (Å²) in [5.74, 6) is 0.846. The lowest BCUT2D eigenvalue weighted by molar-refractivity contribution is 0.186. The van der Waals surface area contributed by atoms with Crippen molar-refractivity contribution < 1.29 is 4.74 Å². The molecule has 1 aromatic heterocycles. The highest BCUT2D eigenvalue weighted by atomic mass is 79.9. The van der Waals surface area contributed by atoms with Crippen LogP contribution in [0.3, 0.4) is 0 Å². The molecule has 4 nitrogen and oxygen atoms in total. The highest BCUT2D eigenvalue weighted by molar-refractivity contribution is 9.11. The molecule has 2 rings (SSSR count). The molecular formula is C11H14BrN3OS2. The molecule has 1 aliphatic rings. The van der Waals surface area contributed by atoms with E-state index in [2.05, 4.69) is 37.5 Å². The Morgan fingerprint density at radius 1 is 1.61 bits per heavy atom. The molecule has 0 spiro atoms. The SMILES string of the molecule is COCC(C)N=C1NN=C(c2ccc(Br)s2)CS1. The first-order chi connectivity index (χ1) is 8.69. The fourth-order valence-electron chi connectivity index (χ4n) is 1.46. The zero-order valence-corrected chi connectivity index (χ0v) is 13.4. The van der Waals surface area contributed by atoms with Crippen molar-refractivity contribution in [3.8, 4) is 0 Å². The number of amidine groups is 1. The molecule has 0 fully saturated rings. The van der Waals surface area contributed by atoms with E-state index in [1.807, 2.05) is 13.0 Å². The summed E-state index contributed by atoms with van der Waals surface area (Å²) in [6.45, 7) is 2.65. The molecule has 0 bridgehead atoms. The highest BCUT2D eigenvalue weighted by Crippen LogP contribution is 2.25. The van der Waals surface area contributed by atoms with E-state index in [-0.39, 0.29) is 6.04 Å². The number of aliphatic imine (C=N–C) groups is 1. The van der Waals surface area contributed by atoms with Gasteiger partial charge in [0.2, 0.25) is 0 Å². The molecule has 1 atom stereocenters. The Kier molecular flexibility index (Phi) is 5.23. The van der Waals surface area contributed by atoms with E-state index in [0.29, 0.717) is 6.61 Å². The zero-order chi connectivity index (χ0) is 13.0. The molecule has 0 saturated carbocycles. The van der Waals surface area contributed by atoms with E-state index in [1.54, 1.807) is 30.2 Å². The lowest BCUT2D eigenvalue weighted by Gasteiger charge is -2.15. The number of halogens is 1. The maximum atomic E-state index is 5.05. The van der Waals surface area contributed by atoms with Crippen LogP contribution in [-0.4, -0.2) is 36.4 Å². The first-order valence-electron chi connectivity index (χ1n) is 5.47. The average Bonchev–Trinajstić information content (AvgIpc) is 2.77. The summed E-state index contributed by atoms with van der Waals surface area (Å²) in [4.78, 5) is 5.68. The number of thiophene rings is 1. The van der Waals surface area contributed by atoms with Crippen LogP contribution in [0.1, 0.15) is 11.8 Å². The summed E-state index contributed by atoms with van der Waals surface area (Å²) in [5, 5.41) is 5.23. The van der Waals surface area contributed by atoms with Crippen molar-refractivity contribution in [3.05, 3.63) is 20.8 Å². The second-order valence-electron chi connectivity index (χ2n) is 3.80. The van der Waals surface area contributed by atoms with Crippen LogP contribution in [0.5, 0.6) is 0 Å². The van der Waals surface area contributed by atoms with Crippen molar-refractivity contribution in [2.75, 3.05) is 19.5 Å². The molecule has 0 amide bonds. The van der Waals surface area contributed by atoms with Gasteiger partial charge in [-0.05, 0) is 35.0 Å². The highest BCUT2D eigenvalue weighted by Gasteiger charge is 2.15. The van der Waals surface area contributed by atoms with Gasteiger partial charge in [0.05, 0.1) is 27.0 Å². The second kappa shape index (κ2) is 6.70. The summed E-state index contributed by atoms with van der Waals surface area (Å²) in [6, 6.07) is 4.26. The van der Waals surface area contributed by atoms with E-state index in [0.717, 1.165) is 20.4 Å². The van der Waals surface area contributed by atoms with Gasteiger partial charge in [0, 0.05) is 12.9 Å². The van der Waals surface area contributed by atoms with E-state index < -0.39 is 0 Å². The van der Waals surface area contributed by atoms with Crippen LogP contribution in [0.4, 0.5) is 0 Å². The minimum absolute atomic E-state index is 0.151. The van der Waals surface area contributed by atoms with Crippen molar-refractivity contribution in [2.45, 2.75) is 13.0 Å². The lowest BCUT2D eigenvalue weighted by atomic mass is 10.3. The summed E-state index contributed by atoms with van der Waals surface area (Å²) in [7, 11) is 1.68. The first-order valence-corrected chi connectivity index (χ1v) is 8.06. The Morgan fingerprint density at radius 3 is 3.00 bits per heavy atom. The van der Waals surface area contributed by atoms with Gasteiger partial charge in [-0.3, -0.25) is 10.4 Å². The van der Waals surface area contributed by atoms with E-state index in [9.17, 15) is 0 Å². The summed E-state index contributed by atoms with van der Waals surface area (Å²) in [5.41, 5.74) is 4.07.